The van der Waals surface area contributed by atoms with Crippen LogP contribution in [0.1, 0.15) is 13.8 Å². The second-order valence-corrected chi connectivity index (χ2v) is 7.94. The van der Waals surface area contributed by atoms with Crippen LogP contribution in [0.4, 0.5) is 5.69 Å². The molecule has 1 aromatic rings. The average Bonchev–Trinajstić information content (AvgIpc) is 2.47. The molecule has 2 rings (SSSR count). The molecule has 0 saturated carbocycles. The zero-order valence-corrected chi connectivity index (χ0v) is 14.5. The maximum atomic E-state index is 12.3. The second-order valence-electron chi connectivity index (χ2n) is 5.45. The summed E-state index contributed by atoms with van der Waals surface area (Å²) in [4.78, 5) is 6.05. The molecule has 124 valence electrons. The molecule has 2 heterocycles. The van der Waals surface area contributed by atoms with Crippen LogP contribution in [0.2, 0.25) is 5.02 Å². The normalized spacial score (nSPS) is 17.2. The van der Waals surface area contributed by atoms with Crippen LogP contribution in [0.3, 0.4) is 0 Å². The monoisotopic (exact) mass is 347 g/mol. The molecule has 1 aliphatic rings. The summed E-state index contributed by atoms with van der Waals surface area (Å²) < 4.78 is 31.4. The molecule has 6 nitrogen and oxygen atoms in total. The highest BCUT2D eigenvalue weighted by Gasteiger charge is 2.27. The van der Waals surface area contributed by atoms with E-state index in [1.807, 2.05) is 19.9 Å². The molecule has 1 aliphatic heterocycles. The Bertz CT molecular complexity index is 587. The van der Waals surface area contributed by atoms with Crippen LogP contribution in [0, 0.1) is 0 Å². The standard InChI is InChI=1S/C14H22ClN3O3S/c1-12(2)21-9-10-22(19,20)18-7-5-17(6-8-18)14-3-4-16-11-13(14)15/h3-4,11-12H,5-10H2,1-2H3. The second kappa shape index (κ2) is 7.59. The zero-order valence-electron chi connectivity index (χ0n) is 12.9. The molecule has 22 heavy (non-hydrogen) atoms. The molecular formula is C14H22ClN3O3S. The van der Waals surface area contributed by atoms with Gasteiger partial charge in [-0.15, -0.1) is 0 Å². The number of hydrogen-bond donors (Lipinski definition) is 0. The lowest BCUT2D eigenvalue weighted by atomic mass is 10.3. The Morgan fingerprint density at radius 3 is 2.59 bits per heavy atom. The first-order chi connectivity index (χ1) is 10.4. The molecule has 0 bridgehead atoms. The third-order valence-corrected chi connectivity index (χ3v) is 5.64. The molecule has 1 saturated heterocycles. The molecule has 0 spiro atoms. The lowest BCUT2D eigenvalue weighted by Gasteiger charge is -2.35. The number of rotatable bonds is 6. The van der Waals surface area contributed by atoms with E-state index >= 15 is 0 Å². The van der Waals surface area contributed by atoms with Crippen molar-refractivity contribution < 1.29 is 13.2 Å². The largest absolute Gasteiger partial charge is 0.378 e. The number of pyridine rings is 1. The minimum Gasteiger partial charge on any atom is -0.378 e. The van der Waals surface area contributed by atoms with Crippen LogP contribution >= 0.6 is 11.6 Å². The van der Waals surface area contributed by atoms with Gasteiger partial charge in [0.2, 0.25) is 10.0 Å². The first kappa shape index (κ1) is 17.5. The molecule has 1 aromatic heterocycles. The Morgan fingerprint density at radius 1 is 1.32 bits per heavy atom. The SMILES string of the molecule is CC(C)OCCS(=O)(=O)N1CCN(c2ccncc2Cl)CC1. The number of hydrogen-bond acceptors (Lipinski definition) is 5. The third-order valence-electron chi connectivity index (χ3n) is 3.52. The highest BCUT2D eigenvalue weighted by molar-refractivity contribution is 7.89. The van der Waals surface area contributed by atoms with E-state index in [1.54, 1.807) is 12.4 Å². The number of aromatic nitrogens is 1. The van der Waals surface area contributed by atoms with Gasteiger partial charge in [-0.3, -0.25) is 4.98 Å². The number of piperazine rings is 1. The summed E-state index contributed by atoms with van der Waals surface area (Å²) in [5, 5.41) is 0.587. The predicted molar refractivity (Wildman–Crippen MR) is 87.9 cm³/mol. The molecule has 0 aromatic carbocycles. The Balaban J connectivity index is 1.90. The minimum atomic E-state index is -3.26. The van der Waals surface area contributed by atoms with Crippen molar-refractivity contribution in [3.63, 3.8) is 0 Å². The van der Waals surface area contributed by atoms with E-state index in [0.29, 0.717) is 31.2 Å². The van der Waals surface area contributed by atoms with Crippen LogP contribution in [-0.2, 0) is 14.8 Å². The van der Waals surface area contributed by atoms with Crippen LogP contribution in [0.25, 0.3) is 0 Å². The van der Waals surface area contributed by atoms with Gasteiger partial charge in [0.05, 0.1) is 29.2 Å². The van der Waals surface area contributed by atoms with Gasteiger partial charge < -0.3 is 9.64 Å². The number of ether oxygens (including phenoxy) is 1. The van der Waals surface area contributed by atoms with E-state index in [9.17, 15) is 8.42 Å². The van der Waals surface area contributed by atoms with E-state index in [1.165, 1.54) is 4.31 Å². The van der Waals surface area contributed by atoms with Gasteiger partial charge in [0.25, 0.3) is 0 Å². The van der Waals surface area contributed by atoms with Crippen molar-refractivity contribution in [3.8, 4) is 0 Å². The summed E-state index contributed by atoms with van der Waals surface area (Å²) >= 11 is 6.13. The highest BCUT2D eigenvalue weighted by Crippen LogP contribution is 2.25. The fraction of sp³-hybridized carbons (Fsp3) is 0.643. The molecular weight excluding hydrogens is 326 g/mol. The van der Waals surface area contributed by atoms with Crippen molar-refractivity contribution in [1.82, 2.24) is 9.29 Å². The van der Waals surface area contributed by atoms with Crippen LogP contribution in [0.15, 0.2) is 18.5 Å². The molecule has 0 atom stereocenters. The summed E-state index contributed by atoms with van der Waals surface area (Å²) in [5.41, 5.74) is 0.900. The number of nitrogens with zero attached hydrogens (tertiary/aromatic N) is 3. The number of halogens is 1. The first-order valence-corrected chi connectivity index (χ1v) is 9.33. The van der Waals surface area contributed by atoms with Crippen LogP contribution in [-0.4, -0.2) is 62.3 Å². The van der Waals surface area contributed by atoms with E-state index in [0.717, 1.165) is 5.69 Å². The van der Waals surface area contributed by atoms with E-state index in [-0.39, 0.29) is 18.5 Å². The van der Waals surface area contributed by atoms with Gasteiger partial charge in [-0.1, -0.05) is 11.6 Å². The Labute approximate surface area is 137 Å². The smallest absolute Gasteiger partial charge is 0.216 e. The van der Waals surface area contributed by atoms with Crippen molar-refractivity contribution in [2.45, 2.75) is 20.0 Å². The predicted octanol–water partition coefficient (Wildman–Crippen LogP) is 1.61. The molecule has 0 radical (unpaired) electrons. The van der Waals surface area contributed by atoms with E-state index in [2.05, 4.69) is 9.88 Å². The van der Waals surface area contributed by atoms with Crippen LogP contribution < -0.4 is 4.90 Å². The van der Waals surface area contributed by atoms with Crippen molar-refractivity contribution in [2.75, 3.05) is 43.4 Å². The topological polar surface area (TPSA) is 62.7 Å². The lowest BCUT2D eigenvalue weighted by molar-refractivity contribution is 0.0906. The lowest BCUT2D eigenvalue weighted by Crippen LogP contribution is -2.49. The first-order valence-electron chi connectivity index (χ1n) is 7.34. The van der Waals surface area contributed by atoms with Crippen LogP contribution in [0.5, 0.6) is 0 Å². The minimum absolute atomic E-state index is 0.0290. The van der Waals surface area contributed by atoms with E-state index < -0.39 is 10.0 Å². The summed E-state index contributed by atoms with van der Waals surface area (Å²) in [6.07, 6.45) is 3.33. The molecule has 0 unspecified atom stereocenters. The van der Waals surface area contributed by atoms with Gasteiger partial charge in [0, 0.05) is 38.6 Å². The van der Waals surface area contributed by atoms with Gasteiger partial charge in [0.15, 0.2) is 0 Å². The van der Waals surface area contributed by atoms with Gasteiger partial charge in [-0.25, -0.2) is 8.42 Å². The Kier molecular flexibility index (Phi) is 6.02. The maximum absolute atomic E-state index is 12.3. The van der Waals surface area contributed by atoms with Gasteiger partial charge in [-0.05, 0) is 19.9 Å². The fourth-order valence-corrected chi connectivity index (χ4v) is 3.87. The molecule has 8 heteroatoms. The Morgan fingerprint density at radius 2 is 2.00 bits per heavy atom. The highest BCUT2D eigenvalue weighted by atomic mass is 35.5. The maximum Gasteiger partial charge on any atom is 0.216 e. The van der Waals surface area contributed by atoms with Gasteiger partial charge in [0.1, 0.15) is 0 Å². The fourth-order valence-electron chi connectivity index (χ4n) is 2.35. The molecule has 1 fully saturated rings. The molecule has 0 N–H and O–H groups in total. The molecule has 0 aliphatic carbocycles. The van der Waals surface area contributed by atoms with Gasteiger partial charge in [-0.2, -0.15) is 4.31 Å². The van der Waals surface area contributed by atoms with Crippen molar-refractivity contribution in [1.29, 1.82) is 0 Å². The summed E-state index contributed by atoms with van der Waals surface area (Å²) in [7, 11) is -3.26. The van der Waals surface area contributed by atoms with Gasteiger partial charge >= 0.3 is 0 Å². The van der Waals surface area contributed by atoms with Crippen molar-refractivity contribution in [2.24, 2.45) is 0 Å². The average molecular weight is 348 g/mol. The third kappa shape index (κ3) is 4.55. The summed E-state index contributed by atoms with van der Waals surface area (Å²) in [5.74, 6) is 0.0290. The molecule has 0 amide bonds. The summed E-state index contributed by atoms with van der Waals surface area (Å²) in [6, 6.07) is 1.85. The van der Waals surface area contributed by atoms with E-state index in [4.69, 9.17) is 16.3 Å². The summed E-state index contributed by atoms with van der Waals surface area (Å²) in [6.45, 7) is 6.18. The number of sulfonamides is 1. The Hall–Kier alpha value is -0.890. The number of anilines is 1. The van der Waals surface area contributed by atoms with Crippen molar-refractivity contribution >= 4 is 27.3 Å². The zero-order chi connectivity index (χ0) is 16.2. The quantitative estimate of drug-likeness (QED) is 0.782. The van der Waals surface area contributed by atoms with Crippen molar-refractivity contribution in [3.05, 3.63) is 23.5 Å².